The van der Waals surface area contributed by atoms with E-state index < -0.39 is 5.97 Å². The first-order valence-electron chi connectivity index (χ1n) is 6.79. The number of ether oxygens (including phenoxy) is 1. The zero-order chi connectivity index (χ0) is 13.0. The first-order chi connectivity index (χ1) is 8.68. The van der Waals surface area contributed by atoms with Gasteiger partial charge in [0.15, 0.2) is 0 Å². The van der Waals surface area contributed by atoms with Crippen molar-refractivity contribution in [3.8, 4) is 0 Å². The van der Waals surface area contributed by atoms with Gasteiger partial charge in [0.25, 0.3) is 0 Å². The molecule has 100 valence electrons. The lowest BCUT2D eigenvalue weighted by molar-refractivity contribution is -0.136. The molecule has 18 heavy (non-hydrogen) atoms. The lowest BCUT2D eigenvalue weighted by Gasteiger charge is -2.20. The van der Waals surface area contributed by atoms with Crippen LogP contribution in [0.15, 0.2) is 11.3 Å². The molecule has 0 aromatic carbocycles. The van der Waals surface area contributed by atoms with Gasteiger partial charge in [-0.25, -0.2) is 4.79 Å². The van der Waals surface area contributed by atoms with Crippen LogP contribution in [-0.4, -0.2) is 23.5 Å². The van der Waals surface area contributed by atoms with Crippen molar-refractivity contribution in [3.63, 3.8) is 0 Å². The Morgan fingerprint density at radius 1 is 1.28 bits per heavy atom. The average molecular weight is 252 g/mol. The van der Waals surface area contributed by atoms with E-state index in [4.69, 9.17) is 4.74 Å². The zero-order valence-corrected chi connectivity index (χ0v) is 10.6. The summed E-state index contributed by atoms with van der Waals surface area (Å²) in [6, 6.07) is 0. The van der Waals surface area contributed by atoms with Gasteiger partial charge in [0.2, 0.25) is 0 Å². The van der Waals surface area contributed by atoms with Crippen molar-refractivity contribution < 1.29 is 19.4 Å². The van der Waals surface area contributed by atoms with Crippen LogP contribution in [0.25, 0.3) is 0 Å². The molecule has 1 saturated carbocycles. The van der Waals surface area contributed by atoms with Crippen molar-refractivity contribution >= 4 is 11.8 Å². The van der Waals surface area contributed by atoms with Crippen molar-refractivity contribution in [2.45, 2.75) is 51.4 Å². The van der Waals surface area contributed by atoms with Gasteiger partial charge in [-0.1, -0.05) is 19.3 Å². The number of rotatable bonds is 5. The van der Waals surface area contributed by atoms with Crippen LogP contribution in [0, 0.1) is 5.92 Å². The van der Waals surface area contributed by atoms with Gasteiger partial charge >= 0.3 is 5.97 Å². The molecule has 0 unspecified atom stereocenters. The topological polar surface area (TPSA) is 63.6 Å². The number of carbonyl (C=O) groups excluding carboxylic acids is 2. The van der Waals surface area contributed by atoms with Gasteiger partial charge in [0.1, 0.15) is 18.1 Å². The highest BCUT2D eigenvalue weighted by atomic mass is 16.5. The van der Waals surface area contributed by atoms with E-state index in [9.17, 15) is 14.7 Å². The fraction of sp³-hybridized carbons (Fsp3) is 0.714. The van der Waals surface area contributed by atoms with Crippen molar-refractivity contribution in [1.82, 2.24) is 0 Å². The minimum atomic E-state index is -0.433. The average Bonchev–Trinajstić information content (AvgIpc) is 2.71. The Morgan fingerprint density at radius 3 is 2.61 bits per heavy atom. The molecule has 0 amide bonds. The molecule has 1 aliphatic carbocycles. The maximum Gasteiger partial charge on any atom is 0.337 e. The molecule has 0 bridgehead atoms. The maximum atomic E-state index is 11.9. The predicted molar refractivity (Wildman–Crippen MR) is 66.0 cm³/mol. The second-order valence-corrected chi connectivity index (χ2v) is 5.16. The van der Waals surface area contributed by atoms with Gasteiger partial charge in [0, 0.05) is 12.3 Å². The number of ketones is 1. The van der Waals surface area contributed by atoms with Crippen LogP contribution in [0.5, 0.6) is 0 Å². The smallest absolute Gasteiger partial charge is 0.337 e. The van der Waals surface area contributed by atoms with Gasteiger partial charge in [-0.2, -0.15) is 0 Å². The molecule has 0 saturated heterocycles. The van der Waals surface area contributed by atoms with E-state index in [1.165, 1.54) is 6.42 Å². The molecule has 1 heterocycles. The number of Topliss-reactive ketones (excluding diaryl/α,β-unsaturated/α-hetero) is 1. The SMILES string of the molecule is O=C1OCC(O)=C1CCCC(=O)C1CCCCC1. The summed E-state index contributed by atoms with van der Waals surface area (Å²) in [5.74, 6) is 0.153. The third-order valence-corrected chi connectivity index (χ3v) is 3.85. The summed E-state index contributed by atoms with van der Waals surface area (Å²) >= 11 is 0. The summed E-state index contributed by atoms with van der Waals surface area (Å²) < 4.78 is 4.70. The Balaban J connectivity index is 1.73. The number of aliphatic hydroxyl groups is 1. The molecule has 2 rings (SSSR count). The summed E-state index contributed by atoms with van der Waals surface area (Å²) in [6.45, 7) is -0.00919. The Labute approximate surface area is 107 Å². The molecular weight excluding hydrogens is 232 g/mol. The molecule has 2 aliphatic rings. The van der Waals surface area contributed by atoms with Gasteiger partial charge < -0.3 is 9.84 Å². The van der Waals surface area contributed by atoms with Gasteiger partial charge in [-0.3, -0.25) is 4.79 Å². The Morgan fingerprint density at radius 2 is 2.00 bits per heavy atom. The van der Waals surface area contributed by atoms with Crippen molar-refractivity contribution in [2.24, 2.45) is 5.92 Å². The monoisotopic (exact) mass is 252 g/mol. The predicted octanol–water partition coefficient (Wildman–Crippen LogP) is 2.68. The summed E-state index contributed by atoms with van der Waals surface area (Å²) in [5, 5.41) is 9.42. The molecule has 4 heteroatoms. The molecule has 4 nitrogen and oxygen atoms in total. The van der Waals surface area contributed by atoms with Crippen LogP contribution in [-0.2, 0) is 14.3 Å². The first kappa shape index (κ1) is 13.1. The maximum absolute atomic E-state index is 11.9. The summed E-state index contributed by atoms with van der Waals surface area (Å²) in [7, 11) is 0. The summed E-state index contributed by atoms with van der Waals surface area (Å²) in [4.78, 5) is 23.2. The molecular formula is C14H20O4. The van der Waals surface area contributed by atoms with E-state index >= 15 is 0 Å². The largest absolute Gasteiger partial charge is 0.508 e. The second kappa shape index (κ2) is 6.03. The molecule has 0 radical (unpaired) electrons. The molecule has 0 aromatic rings. The number of hydrogen-bond acceptors (Lipinski definition) is 4. The van der Waals surface area contributed by atoms with Gasteiger partial charge in [0.05, 0.1) is 5.57 Å². The molecule has 0 spiro atoms. The zero-order valence-electron chi connectivity index (χ0n) is 10.6. The Hall–Kier alpha value is -1.32. The van der Waals surface area contributed by atoms with Gasteiger partial charge in [-0.15, -0.1) is 0 Å². The standard InChI is InChI=1S/C14H20O4/c15-12(10-5-2-1-3-6-10)8-4-7-11-13(16)9-18-14(11)17/h10,16H,1-9H2. The van der Waals surface area contributed by atoms with Crippen molar-refractivity contribution in [2.75, 3.05) is 6.61 Å². The highest BCUT2D eigenvalue weighted by Crippen LogP contribution is 2.26. The minimum absolute atomic E-state index is 0.00919. The number of aliphatic hydroxyl groups excluding tert-OH is 1. The summed E-state index contributed by atoms with van der Waals surface area (Å²) in [6.07, 6.45) is 7.20. The van der Waals surface area contributed by atoms with E-state index in [2.05, 4.69) is 0 Å². The van der Waals surface area contributed by atoms with Crippen molar-refractivity contribution in [1.29, 1.82) is 0 Å². The second-order valence-electron chi connectivity index (χ2n) is 5.16. The van der Waals surface area contributed by atoms with E-state index in [0.717, 1.165) is 25.7 Å². The van der Waals surface area contributed by atoms with Crippen LogP contribution in [0.3, 0.4) is 0 Å². The van der Waals surface area contributed by atoms with E-state index in [0.29, 0.717) is 30.6 Å². The molecule has 1 fully saturated rings. The molecule has 0 atom stereocenters. The third kappa shape index (κ3) is 3.12. The molecule has 0 aromatic heterocycles. The summed E-state index contributed by atoms with van der Waals surface area (Å²) in [5.41, 5.74) is 0.353. The van der Waals surface area contributed by atoms with Gasteiger partial charge in [-0.05, 0) is 25.7 Å². The van der Waals surface area contributed by atoms with Crippen LogP contribution < -0.4 is 0 Å². The van der Waals surface area contributed by atoms with Crippen LogP contribution in [0.1, 0.15) is 51.4 Å². The lowest BCUT2D eigenvalue weighted by atomic mass is 9.84. The first-order valence-corrected chi connectivity index (χ1v) is 6.79. The quantitative estimate of drug-likeness (QED) is 0.764. The highest BCUT2D eigenvalue weighted by Gasteiger charge is 2.25. The fourth-order valence-electron chi connectivity index (χ4n) is 2.74. The number of cyclic esters (lactones) is 1. The fourth-order valence-corrected chi connectivity index (χ4v) is 2.74. The lowest BCUT2D eigenvalue weighted by Crippen LogP contribution is -2.17. The van der Waals surface area contributed by atoms with Crippen LogP contribution in [0.4, 0.5) is 0 Å². The molecule has 1 N–H and O–H groups in total. The van der Waals surface area contributed by atoms with Crippen LogP contribution in [0.2, 0.25) is 0 Å². The van der Waals surface area contributed by atoms with E-state index in [1.54, 1.807) is 0 Å². The van der Waals surface area contributed by atoms with E-state index in [1.807, 2.05) is 0 Å². The highest BCUT2D eigenvalue weighted by molar-refractivity contribution is 5.91. The number of carbonyl (C=O) groups is 2. The molecule has 1 aliphatic heterocycles. The number of hydrogen-bond donors (Lipinski definition) is 1. The Kier molecular flexibility index (Phi) is 4.39. The van der Waals surface area contributed by atoms with E-state index in [-0.39, 0.29) is 18.3 Å². The minimum Gasteiger partial charge on any atom is -0.508 e. The third-order valence-electron chi connectivity index (χ3n) is 3.85. The Bertz CT molecular complexity index is 364. The van der Waals surface area contributed by atoms with Crippen molar-refractivity contribution in [3.05, 3.63) is 11.3 Å². The van der Waals surface area contributed by atoms with Crippen LogP contribution >= 0.6 is 0 Å². The number of esters is 1. The normalized spacial score (nSPS) is 21.2.